The summed E-state index contributed by atoms with van der Waals surface area (Å²) in [6.07, 6.45) is -14.6. The second kappa shape index (κ2) is 40.3. The van der Waals surface area contributed by atoms with Crippen LogP contribution in [0.25, 0.3) is 0 Å². The number of halogens is 1. The zero-order chi connectivity index (χ0) is 78.3. The highest BCUT2D eigenvalue weighted by molar-refractivity contribution is 14.1. The molecule has 8 N–H and O–H groups in total. The Morgan fingerprint density at radius 2 is 1.53 bits per heavy atom. The van der Waals surface area contributed by atoms with Crippen LogP contribution < -0.4 is 30.3 Å². The molecule has 0 radical (unpaired) electrons. The number of alkyl carbamates (subject to hydrolysis) is 1. The number of carbonyl (C=O) groups is 6. The van der Waals surface area contributed by atoms with E-state index in [-0.39, 0.29) is 108 Å². The molecule has 4 aliphatic heterocycles. The monoisotopic (exact) mass is 1680 g/mol. The summed E-state index contributed by atoms with van der Waals surface area (Å²) in [4.78, 5) is 89.5. The van der Waals surface area contributed by atoms with Crippen LogP contribution in [-0.4, -0.2) is 241 Å². The normalized spacial score (nSPS) is 31.2. The number of hydrogen-bond acceptors (Lipinski definition) is 30. The molecule has 6 unspecified atom stereocenters. The number of methoxy groups -OCH3 is 5. The van der Waals surface area contributed by atoms with Crippen molar-refractivity contribution in [3.05, 3.63) is 79.6 Å². The summed E-state index contributed by atoms with van der Waals surface area (Å²) in [6, 6.07) is 4.83. The zero-order valence-electron chi connectivity index (χ0n) is 62.2. The number of ether oxygens (including phenoxy) is 13. The lowest BCUT2D eigenvalue weighted by Crippen LogP contribution is -2.65. The van der Waals surface area contributed by atoms with Crippen LogP contribution in [0.15, 0.2) is 59.3 Å². The molecule has 8 rings (SSSR count). The number of hydroxylamine groups is 1. The fraction of sp³-hybridized carbons (Fsp3) is 0.616. The van der Waals surface area contributed by atoms with Crippen LogP contribution in [0, 0.1) is 51.9 Å². The van der Waals surface area contributed by atoms with Crippen LogP contribution in [0.2, 0.25) is 0 Å². The number of ketones is 2. The molecule has 2 aliphatic carbocycles. The van der Waals surface area contributed by atoms with E-state index >= 15 is 0 Å². The number of thioether (sulfide) groups is 1. The van der Waals surface area contributed by atoms with Gasteiger partial charge in [-0.05, 0) is 115 Å². The van der Waals surface area contributed by atoms with Gasteiger partial charge < -0.3 is 97.3 Å². The lowest BCUT2D eigenvalue weighted by atomic mass is 9.75. The number of hydrogen-bond donors (Lipinski definition) is 8. The molecule has 590 valence electrons. The molecule has 29 nitrogen and oxygen atoms in total. The van der Waals surface area contributed by atoms with E-state index in [2.05, 4.69) is 39.8 Å². The Labute approximate surface area is 652 Å². The highest BCUT2D eigenvalue weighted by atomic mass is 127. The summed E-state index contributed by atoms with van der Waals surface area (Å²) in [5, 5.41) is 62.9. The topological polar surface area (TPSA) is 372 Å². The number of amides is 3. The smallest absolute Gasteiger partial charge is 0.411 e. The third kappa shape index (κ3) is 21.3. The van der Waals surface area contributed by atoms with Gasteiger partial charge in [0.2, 0.25) is 23.1 Å². The quantitative estimate of drug-likeness (QED) is 0.0127. The molecule has 34 heteroatoms. The number of likely N-dealkylation sites (N-methyl/N-ethyl adjacent to an activating group) is 1. The number of nitrogens with zero attached hydrogens (tertiary/aromatic N) is 1. The van der Waals surface area contributed by atoms with Gasteiger partial charge in [-0.15, -0.1) is 0 Å². The minimum Gasteiger partial charge on any atom is -0.492 e. The number of benzene rings is 2. The van der Waals surface area contributed by atoms with Crippen molar-refractivity contribution in [2.75, 3.05) is 66.0 Å². The van der Waals surface area contributed by atoms with Crippen molar-refractivity contribution in [3.8, 4) is 40.9 Å². The van der Waals surface area contributed by atoms with Gasteiger partial charge in [0.15, 0.2) is 41.8 Å². The van der Waals surface area contributed by atoms with E-state index < -0.39 is 151 Å². The zero-order valence-corrected chi connectivity index (χ0v) is 67.6. The fourth-order valence-corrected chi connectivity index (χ4v) is 17.1. The van der Waals surface area contributed by atoms with Crippen LogP contribution in [0.5, 0.6) is 17.2 Å². The van der Waals surface area contributed by atoms with Crippen LogP contribution in [0.3, 0.4) is 0 Å². The van der Waals surface area contributed by atoms with Crippen LogP contribution in [0.4, 0.5) is 15.3 Å². The molecule has 4 saturated heterocycles. The first-order valence-electron chi connectivity index (χ1n) is 34.8. The molecular formula is C73H97IN4O25S4. The van der Waals surface area contributed by atoms with Crippen molar-refractivity contribution in [3.63, 3.8) is 0 Å². The summed E-state index contributed by atoms with van der Waals surface area (Å²) >= 11 is 2.78. The van der Waals surface area contributed by atoms with Gasteiger partial charge in [0.25, 0.3) is 0 Å². The summed E-state index contributed by atoms with van der Waals surface area (Å²) in [5.41, 5.74) is 2.09. The molecular weight excluding hydrogens is 1590 g/mol. The van der Waals surface area contributed by atoms with E-state index in [1.165, 1.54) is 76.9 Å². The Kier molecular flexibility index (Phi) is 32.9. The van der Waals surface area contributed by atoms with Gasteiger partial charge in [-0.3, -0.25) is 29.3 Å². The molecule has 3 amide bonds. The second-order valence-electron chi connectivity index (χ2n) is 26.6. The molecule has 4 heterocycles. The van der Waals surface area contributed by atoms with E-state index in [1.54, 1.807) is 71.9 Å². The molecule has 0 saturated carbocycles. The van der Waals surface area contributed by atoms with E-state index in [1.807, 2.05) is 49.6 Å². The first-order chi connectivity index (χ1) is 51.0. The van der Waals surface area contributed by atoms with Gasteiger partial charge in [-0.1, -0.05) is 103 Å². The van der Waals surface area contributed by atoms with Gasteiger partial charge in [-0.25, -0.2) is 9.59 Å². The lowest BCUT2D eigenvalue weighted by Gasteiger charge is -2.47. The van der Waals surface area contributed by atoms with Crippen molar-refractivity contribution < 1.29 is 121 Å². The predicted molar refractivity (Wildman–Crippen MR) is 406 cm³/mol. The summed E-state index contributed by atoms with van der Waals surface area (Å²) < 4.78 is 79.3. The Balaban J connectivity index is 1.01. The average molecular weight is 1690 g/mol. The van der Waals surface area contributed by atoms with Crippen molar-refractivity contribution in [2.45, 2.75) is 210 Å². The molecule has 2 bridgehead atoms. The maximum Gasteiger partial charge on any atom is 0.411 e. The van der Waals surface area contributed by atoms with E-state index in [0.29, 0.717) is 20.4 Å². The maximum atomic E-state index is 14.6. The van der Waals surface area contributed by atoms with Crippen molar-refractivity contribution >= 4 is 106 Å². The standard InChI is InChI=1S/C73H97IN4O25S4/c1-16-78(72(88)96-33-42-22-24-43(25-23-42)75-67(85)36(4)29-46(79)37(5)35(2)3)45-34-95-51(31-50(45)90-10)101-64-59(83)56(39(7)98-70(64)100-49-21-19-17-18-20-27-73(89)32-48(81)57(76-71(87)94-14)54(49)44(73)26-28-105-107-104-15)77-103-52-30-47(80)66(41(9)97-52)106-68(86)53-38(6)55(74)62(65(93-13)61(53)91-11)102-69-60(84)63(92-12)58(82)40(8)99-69/h17-18,22-26,35-37,39-41,45,47,49-52,56,58-60,63-64,66,69-70,77,80,82-84,89H,16,28-34H2,1-15H3,(H,75,85)(H,76,87)/b18-17-,44-26+/t36-,37+,39?,40?,41?,45+,47?,49+,50-,51+,52+,56-,58+,59+,60?,63+,64?,66-,69+,70+,73-/m1/s1. The number of rotatable bonds is 30. The summed E-state index contributed by atoms with van der Waals surface area (Å²) in [6.45, 7) is 15.6. The first kappa shape index (κ1) is 87.3. The van der Waals surface area contributed by atoms with E-state index in [4.69, 9.17) is 66.4 Å². The van der Waals surface area contributed by atoms with Crippen LogP contribution >= 0.6 is 65.8 Å². The number of carbonyl (C=O) groups excluding carboxylic acids is 6. The molecule has 21 atom stereocenters. The molecule has 107 heavy (non-hydrogen) atoms. The van der Waals surface area contributed by atoms with E-state index in [9.17, 15) is 54.3 Å². The van der Waals surface area contributed by atoms with Crippen LogP contribution in [-0.2, 0) is 73.2 Å². The molecule has 2 aromatic rings. The Morgan fingerprint density at radius 1 is 0.832 bits per heavy atom. The number of anilines is 1. The average Bonchev–Trinajstić information content (AvgIpc) is 0.753. The second-order valence-corrected chi connectivity index (χ2v) is 33.2. The largest absolute Gasteiger partial charge is 0.492 e. The number of aliphatic hydroxyl groups excluding tert-OH is 4. The third-order valence-electron chi connectivity index (χ3n) is 19.3. The first-order valence-corrected chi connectivity index (χ1v) is 40.8. The number of fused-ring (bicyclic) bond motifs is 2. The molecule has 2 aromatic carbocycles. The van der Waals surface area contributed by atoms with Crippen LogP contribution in [0.1, 0.15) is 103 Å². The third-order valence-corrected chi connectivity index (χ3v) is 25.7. The van der Waals surface area contributed by atoms with Crippen molar-refractivity contribution in [2.24, 2.45) is 17.8 Å². The van der Waals surface area contributed by atoms with Crippen molar-refractivity contribution in [1.29, 1.82) is 0 Å². The lowest BCUT2D eigenvalue weighted by molar-refractivity contribution is -0.337. The van der Waals surface area contributed by atoms with E-state index in [0.717, 1.165) is 18.9 Å². The Hall–Kier alpha value is -5.27. The van der Waals surface area contributed by atoms with Gasteiger partial charge >= 0.3 is 12.2 Å². The molecule has 4 fully saturated rings. The molecule has 6 aliphatic rings. The van der Waals surface area contributed by atoms with Gasteiger partial charge in [-0.2, -0.15) is 5.48 Å². The minimum atomic E-state index is -2.13. The summed E-state index contributed by atoms with van der Waals surface area (Å²) in [5.74, 6) is 10.3. The highest BCUT2D eigenvalue weighted by Gasteiger charge is 2.53. The number of nitrogens with one attached hydrogen (secondary N) is 3. The predicted octanol–water partition coefficient (Wildman–Crippen LogP) is 7.07. The molecule has 0 aromatic heterocycles. The van der Waals surface area contributed by atoms with Gasteiger partial charge in [0.05, 0.1) is 97.0 Å². The van der Waals surface area contributed by atoms with Gasteiger partial charge in [0.1, 0.15) is 49.0 Å². The molecule has 0 spiro atoms. The fourth-order valence-electron chi connectivity index (χ4n) is 12.9. The SMILES string of the molecule is CCN(C(=O)OCc1ccc(NC(=O)[C@H](C)CC(=O)[C@@H](C)C(C)C)cc1)[C@H]1CO[C@@H](OC2[C@H](O[C@H]3C#C/C=C\C#C[C@@]4(O)CC(=O)C(NC(=O)OC)=C3/C4=C\CSSSC)OC(C)[C@@H](NO[C@H]3CC(O)[C@H](SC(=O)c4c(C)c(I)c(O[C@@H]5OC(C)[C@H](O)[C@H](OC)C5O)c(OC)c4OC)C(C)O3)[C@@H]2O)C[C@H]1OC. The Morgan fingerprint density at radius 3 is 2.18 bits per heavy atom. The van der Waals surface area contributed by atoms with Gasteiger partial charge in [0, 0.05) is 74.4 Å². The maximum absolute atomic E-state index is 14.6. The number of allylic oxidation sites excluding steroid dienone is 3. The summed E-state index contributed by atoms with van der Waals surface area (Å²) in [7, 11) is 11.0. The highest BCUT2D eigenvalue weighted by Crippen LogP contribution is 2.49. The number of aliphatic hydroxyl groups is 5. The Bertz CT molecular complexity index is 3690. The minimum absolute atomic E-state index is 0.00286. The number of Topliss-reactive ketones (excluding diaryl/α,β-unsaturated/α-hetero) is 2. The van der Waals surface area contributed by atoms with Crippen molar-refractivity contribution in [1.82, 2.24) is 15.7 Å².